The first-order valence-electron chi connectivity index (χ1n) is 14.1. The summed E-state index contributed by atoms with van der Waals surface area (Å²) in [6.07, 6.45) is 0.716. The van der Waals surface area contributed by atoms with Gasteiger partial charge in [0.25, 0.3) is 5.56 Å². The van der Waals surface area contributed by atoms with Crippen LogP contribution in [0.15, 0.2) is 53.5 Å². The molecule has 0 bridgehead atoms. The van der Waals surface area contributed by atoms with Gasteiger partial charge >= 0.3 is 10.2 Å². The molecule has 0 unspecified atom stereocenters. The van der Waals surface area contributed by atoms with Crippen LogP contribution in [0.4, 0.5) is 24.8 Å². The Bertz CT molecular complexity index is 1940. The third-order valence-corrected chi connectivity index (χ3v) is 9.12. The number of benzene rings is 2. The van der Waals surface area contributed by atoms with Gasteiger partial charge in [-0.05, 0) is 42.2 Å². The van der Waals surface area contributed by atoms with E-state index in [9.17, 15) is 26.8 Å². The fraction of sp³-hybridized carbons (Fsp3) is 0.333. The van der Waals surface area contributed by atoms with E-state index in [0.29, 0.717) is 24.9 Å². The van der Waals surface area contributed by atoms with Gasteiger partial charge in [0.2, 0.25) is 11.9 Å². The summed E-state index contributed by atoms with van der Waals surface area (Å²) in [6, 6.07) is 10.8. The van der Waals surface area contributed by atoms with Gasteiger partial charge < -0.3 is 10.2 Å². The number of amides is 1. The predicted octanol–water partition coefficient (Wildman–Crippen LogP) is 3.61. The van der Waals surface area contributed by atoms with Gasteiger partial charge in [0, 0.05) is 58.8 Å². The fourth-order valence-electron chi connectivity index (χ4n) is 5.09. The van der Waals surface area contributed by atoms with Crippen molar-refractivity contribution in [2.45, 2.75) is 32.5 Å². The van der Waals surface area contributed by atoms with Gasteiger partial charge in [-0.1, -0.05) is 24.3 Å². The van der Waals surface area contributed by atoms with E-state index in [2.05, 4.69) is 15.3 Å². The molecule has 0 aliphatic carbocycles. The average Bonchev–Trinajstić information content (AvgIpc) is 3.45. The molecule has 45 heavy (non-hydrogen) atoms. The van der Waals surface area contributed by atoms with Gasteiger partial charge in [-0.15, -0.1) is 0 Å². The first-order chi connectivity index (χ1) is 21.3. The molecule has 1 aliphatic heterocycles. The lowest BCUT2D eigenvalue weighted by atomic mass is 10.0. The van der Waals surface area contributed by atoms with Crippen molar-refractivity contribution in [3.05, 3.63) is 81.8 Å². The average molecular weight is 644 g/mol. The van der Waals surface area contributed by atoms with Crippen molar-refractivity contribution in [3.8, 4) is 11.1 Å². The van der Waals surface area contributed by atoms with Crippen molar-refractivity contribution in [2.24, 2.45) is 7.05 Å². The Morgan fingerprint density at radius 3 is 2.62 bits per heavy atom. The van der Waals surface area contributed by atoms with E-state index in [0.717, 1.165) is 32.1 Å². The van der Waals surface area contributed by atoms with Crippen molar-refractivity contribution in [2.75, 3.05) is 36.7 Å². The second-order valence-corrected chi connectivity index (χ2v) is 12.6. The number of carbonyl (C=O) groups is 1. The maximum Gasteiger partial charge on any atom is 0.301 e. The lowest BCUT2D eigenvalue weighted by Gasteiger charge is -2.18. The van der Waals surface area contributed by atoms with Crippen molar-refractivity contribution in [3.63, 3.8) is 0 Å². The number of pyridine rings is 1. The molecule has 1 fully saturated rings. The number of hydrogen-bond acceptors (Lipinski definition) is 7. The van der Waals surface area contributed by atoms with E-state index < -0.39 is 44.8 Å². The van der Waals surface area contributed by atoms with E-state index in [1.807, 2.05) is 29.0 Å². The molecule has 5 rings (SSSR count). The van der Waals surface area contributed by atoms with Crippen LogP contribution in [0.2, 0.25) is 0 Å². The Hall–Kier alpha value is -4.50. The molecule has 15 heteroatoms. The fourth-order valence-corrected chi connectivity index (χ4v) is 6.35. The van der Waals surface area contributed by atoms with E-state index in [4.69, 9.17) is 0 Å². The van der Waals surface area contributed by atoms with Crippen molar-refractivity contribution in [1.29, 1.82) is 0 Å². The third-order valence-electron chi connectivity index (χ3n) is 7.63. The number of halogens is 3. The summed E-state index contributed by atoms with van der Waals surface area (Å²) < 4.78 is 73.6. The van der Waals surface area contributed by atoms with E-state index in [-0.39, 0.29) is 42.6 Å². The molecule has 2 aromatic carbocycles. The van der Waals surface area contributed by atoms with Crippen LogP contribution in [0, 0.1) is 11.6 Å². The second-order valence-electron chi connectivity index (χ2n) is 10.9. The van der Waals surface area contributed by atoms with Crippen LogP contribution in [0.5, 0.6) is 0 Å². The molecule has 1 aliphatic rings. The summed E-state index contributed by atoms with van der Waals surface area (Å²) in [7, 11) is -1.18. The summed E-state index contributed by atoms with van der Waals surface area (Å²) in [5.41, 5.74) is -0.180. The highest BCUT2D eigenvalue weighted by molar-refractivity contribution is 7.90. The number of rotatable bonds is 10. The van der Waals surface area contributed by atoms with E-state index in [1.54, 1.807) is 11.9 Å². The molecule has 1 saturated heterocycles. The quantitative estimate of drug-likeness (QED) is 0.270. The minimum absolute atomic E-state index is 0.0134. The number of fused-ring (bicyclic) bond motifs is 1. The molecule has 1 atom stereocenters. The second kappa shape index (κ2) is 12.9. The lowest BCUT2D eigenvalue weighted by molar-refractivity contribution is -0.128. The lowest BCUT2D eigenvalue weighted by Crippen LogP contribution is -2.34. The highest BCUT2D eigenvalue weighted by Crippen LogP contribution is 2.31. The van der Waals surface area contributed by atoms with Crippen molar-refractivity contribution >= 4 is 38.8 Å². The Morgan fingerprint density at radius 2 is 1.91 bits per heavy atom. The molecule has 0 radical (unpaired) electrons. The molecule has 4 aromatic rings. The molecule has 11 nitrogen and oxygen atoms in total. The van der Waals surface area contributed by atoms with Crippen LogP contribution in [-0.2, 0) is 35.0 Å². The Labute approximate surface area is 257 Å². The number of carbonyl (C=O) groups excluding carboxylic acids is 1. The van der Waals surface area contributed by atoms with Gasteiger partial charge in [-0.2, -0.15) is 17.7 Å². The number of aryl methyl sites for hydroxylation is 1. The Kier molecular flexibility index (Phi) is 9.11. The number of hydrogen-bond donors (Lipinski definition) is 2. The highest BCUT2D eigenvalue weighted by atomic mass is 32.2. The maximum atomic E-state index is 15.6. The predicted molar refractivity (Wildman–Crippen MR) is 165 cm³/mol. The smallest absolute Gasteiger partial charge is 0.301 e. The minimum atomic E-state index is -4.32. The van der Waals surface area contributed by atoms with E-state index >= 15 is 4.39 Å². The van der Waals surface area contributed by atoms with Crippen molar-refractivity contribution < 1.29 is 26.4 Å². The molecular formula is C30H32F3N7O4S. The summed E-state index contributed by atoms with van der Waals surface area (Å²) >= 11 is 0. The van der Waals surface area contributed by atoms with Crippen LogP contribution in [0.1, 0.15) is 24.5 Å². The number of nitrogens with one attached hydrogen (secondary N) is 2. The van der Waals surface area contributed by atoms with Crippen LogP contribution >= 0.6 is 0 Å². The van der Waals surface area contributed by atoms with Crippen LogP contribution < -0.4 is 15.6 Å². The molecule has 238 valence electrons. The summed E-state index contributed by atoms with van der Waals surface area (Å²) in [5, 5.41) is 3.43. The third kappa shape index (κ3) is 6.93. The topological polar surface area (TPSA) is 130 Å². The maximum absolute atomic E-state index is 15.6. The normalized spacial score (nSPS) is 15.4. The Balaban J connectivity index is 1.36. The first-order valence-corrected chi connectivity index (χ1v) is 15.6. The zero-order chi connectivity index (χ0) is 32.5. The van der Waals surface area contributed by atoms with Crippen molar-refractivity contribution in [1.82, 2.24) is 23.7 Å². The molecule has 3 heterocycles. The Morgan fingerprint density at radius 1 is 1.16 bits per heavy atom. The summed E-state index contributed by atoms with van der Waals surface area (Å²) in [6.45, 7) is 2.01. The summed E-state index contributed by atoms with van der Waals surface area (Å²) in [4.78, 5) is 35.2. The molecule has 0 saturated carbocycles. The van der Waals surface area contributed by atoms with Gasteiger partial charge in [0.1, 0.15) is 17.6 Å². The van der Waals surface area contributed by atoms with Gasteiger partial charge in [-0.25, -0.2) is 18.2 Å². The van der Waals surface area contributed by atoms with Crippen LogP contribution in [-0.4, -0.2) is 70.9 Å². The number of nitrogens with zero attached hydrogens (tertiary/aromatic N) is 5. The molecule has 0 spiro atoms. The highest BCUT2D eigenvalue weighted by Gasteiger charge is 2.32. The molecule has 2 aromatic heterocycles. The SMILES string of the molecule is CC(=O)N(C)Cc1cccc(CCNc2ncc3cc(-c4c(F)ccc(NS(=O)(=O)N5CC[C@@H](F)C5)c4F)c(=O)n(C)c3n2)c1. The molecule has 1 amide bonds. The molecular weight excluding hydrogens is 611 g/mol. The zero-order valence-electron chi connectivity index (χ0n) is 24.8. The first kappa shape index (κ1) is 31.9. The minimum Gasteiger partial charge on any atom is -0.354 e. The van der Waals surface area contributed by atoms with Crippen LogP contribution in [0.25, 0.3) is 22.2 Å². The number of aromatic nitrogens is 3. The van der Waals surface area contributed by atoms with Gasteiger partial charge in [0.05, 0.1) is 16.8 Å². The van der Waals surface area contributed by atoms with E-state index in [1.165, 1.54) is 26.2 Å². The summed E-state index contributed by atoms with van der Waals surface area (Å²) in [5.74, 6) is -2.15. The van der Waals surface area contributed by atoms with Gasteiger partial charge in [0.15, 0.2) is 5.82 Å². The standard InChI is InChI=1S/C30H32F3N7O4S/c1-18(41)38(2)16-20-6-4-5-19(13-20)9-11-34-30-35-15-21-14-23(29(42)39(3)28(21)36-30)26-24(32)7-8-25(27(26)33)37-45(43,44)40-12-10-22(31)17-40/h4-8,13-15,22,37H,9-12,16-17H2,1-3H3,(H,34,35,36)/t22-/m1/s1. The van der Waals surface area contributed by atoms with Gasteiger partial charge in [-0.3, -0.25) is 18.9 Å². The molecule has 2 N–H and O–H groups in total. The monoisotopic (exact) mass is 643 g/mol. The number of anilines is 2. The van der Waals surface area contributed by atoms with Crippen LogP contribution in [0.3, 0.4) is 0 Å². The largest absolute Gasteiger partial charge is 0.354 e. The zero-order valence-corrected chi connectivity index (χ0v) is 25.7. The number of alkyl halides is 1.